The molecule has 0 bridgehead atoms. The smallest absolute Gasteiger partial charge is 0.307 e. The molecule has 28 heavy (non-hydrogen) atoms. The van der Waals surface area contributed by atoms with Crippen molar-refractivity contribution in [1.29, 1.82) is 0 Å². The van der Waals surface area contributed by atoms with E-state index in [1.165, 1.54) is 30.5 Å². The molecule has 146 valence electrons. The molecule has 0 amide bonds. The summed E-state index contributed by atoms with van der Waals surface area (Å²) in [5.74, 6) is -1.11. The molecule has 0 aliphatic rings. The standard InChI is InChI=1S/C20H18FNO5S/c1-3-28(25,26)16-6-12(2)20(22-11-16)27-18-8-13(9-19(23)24)7-14-4-5-15(21)10-17(14)18/h4-8,10-11H,3,9H2,1-2H3,(H,23,24). The van der Waals surface area contributed by atoms with Crippen molar-refractivity contribution in [2.45, 2.75) is 25.2 Å². The first kappa shape index (κ1) is 19.8. The van der Waals surface area contributed by atoms with Gasteiger partial charge in [0.05, 0.1) is 17.1 Å². The van der Waals surface area contributed by atoms with Crippen LogP contribution in [0.2, 0.25) is 0 Å². The molecular formula is C20H18FNO5S. The third kappa shape index (κ3) is 4.12. The Hall–Kier alpha value is -3.00. The first-order valence-corrected chi connectivity index (χ1v) is 10.2. The summed E-state index contributed by atoms with van der Waals surface area (Å²) >= 11 is 0. The summed E-state index contributed by atoms with van der Waals surface area (Å²) in [4.78, 5) is 15.3. The highest BCUT2D eigenvalue weighted by atomic mass is 32.2. The molecule has 0 saturated heterocycles. The lowest BCUT2D eigenvalue weighted by molar-refractivity contribution is -0.136. The fourth-order valence-electron chi connectivity index (χ4n) is 2.80. The van der Waals surface area contributed by atoms with Crippen LogP contribution < -0.4 is 4.74 Å². The largest absolute Gasteiger partial charge is 0.481 e. The van der Waals surface area contributed by atoms with E-state index in [1.807, 2.05) is 0 Å². The lowest BCUT2D eigenvalue weighted by atomic mass is 10.0. The van der Waals surface area contributed by atoms with Crippen LogP contribution in [0.15, 0.2) is 47.5 Å². The minimum atomic E-state index is -3.40. The van der Waals surface area contributed by atoms with Crippen molar-refractivity contribution in [2.24, 2.45) is 0 Å². The van der Waals surface area contributed by atoms with Gasteiger partial charge in [0.2, 0.25) is 5.88 Å². The zero-order valence-electron chi connectivity index (χ0n) is 15.3. The molecule has 0 fully saturated rings. The van der Waals surface area contributed by atoms with Crippen molar-refractivity contribution in [3.63, 3.8) is 0 Å². The van der Waals surface area contributed by atoms with Gasteiger partial charge in [0, 0.05) is 17.1 Å². The molecule has 6 nitrogen and oxygen atoms in total. The van der Waals surface area contributed by atoms with Gasteiger partial charge < -0.3 is 9.84 Å². The number of carbonyl (C=O) groups is 1. The molecule has 3 aromatic rings. The van der Waals surface area contributed by atoms with Crippen LogP contribution in [0.4, 0.5) is 4.39 Å². The van der Waals surface area contributed by atoms with Crippen molar-refractivity contribution >= 4 is 26.6 Å². The van der Waals surface area contributed by atoms with Gasteiger partial charge in [0.25, 0.3) is 0 Å². The van der Waals surface area contributed by atoms with E-state index < -0.39 is 21.6 Å². The van der Waals surface area contributed by atoms with E-state index in [1.54, 1.807) is 26.0 Å². The maximum atomic E-state index is 13.7. The van der Waals surface area contributed by atoms with Gasteiger partial charge >= 0.3 is 5.97 Å². The number of aryl methyl sites for hydroxylation is 1. The zero-order valence-corrected chi connectivity index (χ0v) is 16.1. The number of sulfone groups is 1. The molecule has 0 spiro atoms. The Morgan fingerprint density at radius 1 is 1.21 bits per heavy atom. The third-order valence-electron chi connectivity index (χ3n) is 4.24. The number of pyridine rings is 1. The Kier molecular flexibility index (Phi) is 5.33. The number of fused-ring (bicyclic) bond motifs is 1. The first-order valence-electron chi connectivity index (χ1n) is 8.51. The van der Waals surface area contributed by atoms with Gasteiger partial charge in [-0.2, -0.15) is 0 Å². The predicted molar refractivity (Wildman–Crippen MR) is 102 cm³/mol. The molecule has 1 aromatic heterocycles. The maximum Gasteiger partial charge on any atom is 0.307 e. The average molecular weight is 403 g/mol. The van der Waals surface area contributed by atoms with E-state index in [4.69, 9.17) is 9.84 Å². The fraction of sp³-hybridized carbons (Fsp3) is 0.200. The van der Waals surface area contributed by atoms with Gasteiger partial charge in [0.15, 0.2) is 9.84 Å². The van der Waals surface area contributed by atoms with E-state index in [0.717, 1.165) is 0 Å². The minimum Gasteiger partial charge on any atom is -0.481 e. The molecule has 1 N–H and O–H groups in total. The number of halogens is 1. The van der Waals surface area contributed by atoms with Crippen LogP contribution in [0, 0.1) is 12.7 Å². The molecule has 2 aromatic carbocycles. The summed E-state index contributed by atoms with van der Waals surface area (Å²) < 4.78 is 43.6. The Bertz CT molecular complexity index is 1170. The highest BCUT2D eigenvalue weighted by Gasteiger charge is 2.16. The van der Waals surface area contributed by atoms with Crippen LogP contribution in [0.1, 0.15) is 18.1 Å². The SMILES string of the molecule is CCS(=O)(=O)c1cnc(Oc2cc(CC(=O)O)cc3ccc(F)cc23)c(C)c1. The molecule has 8 heteroatoms. The summed E-state index contributed by atoms with van der Waals surface area (Å²) in [5.41, 5.74) is 0.979. The van der Waals surface area contributed by atoms with E-state index in [-0.39, 0.29) is 28.7 Å². The summed E-state index contributed by atoms with van der Waals surface area (Å²) in [6.07, 6.45) is 0.995. The maximum absolute atomic E-state index is 13.7. The molecule has 3 rings (SSSR count). The second kappa shape index (κ2) is 7.55. The van der Waals surface area contributed by atoms with Crippen molar-refractivity contribution in [2.75, 3.05) is 5.75 Å². The van der Waals surface area contributed by atoms with E-state index in [2.05, 4.69) is 4.98 Å². The van der Waals surface area contributed by atoms with Gasteiger partial charge in [-0.15, -0.1) is 0 Å². The normalized spacial score (nSPS) is 11.5. The van der Waals surface area contributed by atoms with Gasteiger partial charge in [-0.05, 0) is 42.1 Å². The molecular weight excluding hydrogens is 385 g/mol. The summed E-state index contributed by atoms with van der Waals surface area (Å²) in [6, 6.07) is 8.76. The van der Waals surface area contributed by atoms with Gasteiger partial charge in [-0.3, -0.25) is 4.79 Å². The van der Waals surface area contributed by atoms with Crippen LogP contribution >= 0.6 is 0 Å². The summed E-state index contributed by atoms with van der Waals surface area (Å²) in [7, 11) is -3.40. The molecule has 0 saturated carbocycles. The van der Waals surface area contributed by atoms with Gasteiger partial charge in [-0.1, -0.05) is 19.1 Å². The zero-order chi connectivity index (χ0) is 20.5. The lowest BCUT2D eigenvalue weighted by Crippen LogP contribution is -2.05. The first-order chi connectivity index (χ1) is 13.2. The number of ether oxygens (including phenoxy) is 1. The lowest BCUT2D eigenvalue weighted by Gasteiger charge is -2.13. The van der Waals surface area contributed by atoms with Crippen LogP contribution in [0.25, 0.3) is 10.8 Å². The Labute approximate surface area is 161 Å². The molecule has 0 aliphatic heterocycles. The second-order valence-corrected chi connectivity index (χ2v) is 8.61. The number of hydrogen-bond donors (Lipinski definition) is 1. The monoisotopic (exact) mass is 403 g/mol. The molecule has 1 heterocycles. The second-order valence-electron chi connectivity index (χ2n) is 6.33. The number of nitrogens with zero attached hydrogens (tertiary/aromatic N) is 1. The average Bonchev–Trinajstić information content (AvgIpc) is 2.63. The molecule has 0 radical (unpaired) electrons. The van der Waals surface area contributed by atoms with Crippen LogP contribution in [-0.2, 0) is 21.1 Å². The number of carboxylic acids is 1. The van der Waals surface area contributed by atoms with Gasteiger partial charge in [-0.25, -0.2) is 17.8 Å². The molecule has 0 aliphatic carbocycles. The minimum absolute atomic E-state index is 0.0462. The van der Waals surface area contributed by atoms with E-state index >= 15 is 0 Å². The number of aromatic nitrogens is 1. The van der Waals surface area contributed by atoms with Crippen molar-refractivity contribution in [3.05, 3.63) is 59.5 Å². The molecule has 0 unspecified atom stereocenters. The number of benzene rings is 2. The van der Waals surface area contributed by atoms with Crippen LogP contribution in [0.5, 0.6) is 11.6 Å². The molecule has 0 atom stereocenters. The number of carboxylic acid groups (broad SMARTS) is 1. The quantitative estimate of drug-likeness (QED) is 0.671. The van der Waals surface area contributed by atoms with Gasteiger partial charge in [0.1, 0.15) is 11.6 Å². The highest BCUT2D eigenvalue weighted by molar-refractivity contribution is 7.91. The number of hydrogen-bond acceptors (Lipinski definition) is 5. The van der Waals surface area contributed by atoms with E-state index in [0.29, 0.717) is 21.9 Å². The summed E-state index contributed by atoms with van der Waals surface area (Å²) in [6.45, 7) is 3.20. The topological polar surface area (TPSA) is 93.6 Å². The fourth-order valence-corrected chi connectivity index (χ4v) is 3.70. The number of rotatable bonds is 6. The Balaban J connectivity index is 2.08. The van der Waals surface area contributed by atoms with Crippen LogP contribution in [0.3, 0.4) is 0 Å². The highest BCUT2D eigenvalue weighted by Crippen LogP contribution is 2.33. The summed E-state index contributed by atoms with van der Waals surface area (Å²) in [5, 5.41) is 10.1. The van der Waals surface area contributed by atoms with Crippen LogP contribution in [-0.4, -0.2) is 30.2 Å². The Morgan fingerprint density at radius 3 is 2.61 bits per heavy atom. The van der Waals surface area contributed by atoms with Crippen molar-refractivity contribution in [1.82, 2.24) is 4.98 Å². The third-order valence-corrected chi connectivity index (χ3v) is 5.95. The predicted octanol–water partition coefficient (Wildman–Crippen LogP) is 3.90. The van der Waals surface area contributed by atoms with E-state index in [9.17, 15) is 17.6 Å². The number of aliphatic carboxylic acids is 1. The van der Waals surface area contributed by atoms with Crippen molar-refractivity contribution in [3.8, 4) is 11.6 Å². The Morgan fingerprint density at radius 2 is 1.96 bits per heavy atom. The van der Waals surface area contributed by atoms with Crippen molar-refractivity contribution < 1.29 is 27.4 Å².